The van der Waals surface area contributed by atoms with Gasteiger partial charge in [0.2, 0.25) is 0 Å². The van der Waals surface area contributed by atoms with Crippen molar-refractivity contribution in [2.75, 3.05) is 39.6 Å². The predicted octanol–water partition coefficient (Wildman–Crippen LogP) is 23.6. The number of rotatable bonds is 77. The van der Waals surface area contributed by atoms with Crippen molar-refractivity contribution in [2.24, 2.45) is 23.7 Å². The number of hydrogen-bond acceptors (Lipinski definition) is 15. The van der Waals surface area contributed by atoms with Crippen LogP contribution in [0.4, 0.5) is 0 Å². The highest BCUT2D eigenvalue weighted by molar-refractivity contribution is 7.47. The van der Waals surface area contributed by atoms with Gasteiger partial charge in [0.15, 0.2) is 12.2 Å². The molecule has 99 heavy (non-hydrogen) atoms. The Morgan fingerprint density at radius 2 is 0.485 bits per heavy atom. The second kappa shape index (κ2) is 69.1. The number of unbranched alkanes of at least 4 members (excludes halogenated alkanes) is 42. The van der Waals surface area contributed by atoms with Crippen molar-refractivity contribution in [3.05, 3.63) is 0 Å². The molecule has 0 radical (unpaired) electrons. The fourth-order valence-corrected chi connectivity index (χ4v) is 13.8. The van der Waals surface area contributed by atoms with E-state index in [9.17, 15) is 43.2 Å². The molecule has 0 aromatic rings. The Labute approximate surface area is 607 Å². The standard InChI is InChI=1S/C80H156O17P2/c1-9-73(8)59-51-43-35-26-22-18-14-12-10-11-13-15-19-24-28-37-46-54-62-79(84)96-75(66-90-77(82)60-52-44-36-27-23-20-16-17-21-25-32-40-48-56-70(2)3)68-94-98(86,87)92-64-74(81)65-93-99(88,89)95-69-76(67-91-78(83)61-53-45-39-31-34-42-50-58-72(6)7)97-80(85)63-55-47-38-30-29-33-41-49-57-71(4)5/h70-76,81H,9-69H2,1-8H3,(H,86,87)(H,88,89)/t73?,74?,75-,76-/m1/s1. The highest BCUT2D eigenvalue weighted by atomic mass is 31.2. The van der Waals surface area contributed by atoms with Gasteiger partial charge in [-0.15, -0.1) is 0 Å². The van der Waals surface area contributed by atoms with E-state index in [1.807, 2.05) is 0 Å². The lowest BCUT2D eigenvalue weighted by atomic mass is 9.99. The van der Waals surface area contributed by atoms with Crippen molar-refractivity contribution in [1.29, 1.82) is 0 Å². The van der Waals surface area contributed by atoms with Crippen molar-refractivity contribution < 1.29 is 80.2 Å². The van der Waals surface area contributed by atoms with E-state index in [1.165, 1.54) is 205 Å². The molecule has 0 amide bonds. The zero-order chi connectivity index (χ0) is 73.1. The summed E-state index contributed by atoms with van der Waals surface area (Å²) < 4.78 is 68.6. The summed E-state index contributed by atoms with van der Waals surface area (Å²) in [7, 11) is -9.92. The Hall–Kier alpha value is -1.94. The number of carbonyl (C=O) groups is 4. The quantitative estimate of drug-likeness (QED) is 0.0222. The van der Waals surface area contributed by atoms with Crippen LogP contribution >= 0.6 is 15.6 Å². The van der Waals surface area contributed by atoms with Crippen LogP contribution in [0.5, 0.6) is 0 Å². The summed E-state index contributed by atoms with van der Waals surface area (Å²) in [4.78, 5) is 72.9. The number of aliphatic hydroxyl groups is 1. The van der Waals surface area contributed by atoms with Gasteiger partial charge in [0.1, 0.15) is 19.3 Å². The molecule has 0 rings (SSSR count). The van der Waals surface area contributed by atoms with E-state index in [1.54, 1.807) is 0 Å². The summed E-state index contributed by atoms with van der Waals surface area (Å²) in [6, 6.07) is 0. The first-order valence-corrected chi connectivity index (χ1v) is 44.2. The molecule has 0 fully saturated rings. The summed E-state index contributed by atoms with van der Waals surface area (Å²) in [5.41, 5.74) is 0. The van der Waals surface area contributed by atoms with Crippen molar-refractivity contribution in [1.82, 2.24) is 0 Å². The maximum atomic E-state index is 13.1. The molecule has 0 heterocycles. The van der Waals surface area contributed by atoms with Crippen LogP contribution < -0.4 is 0 Å². The molecule has 588 valence electrons. The summed E-state index contributed by atoms with van der Waals surface area (Å²) in [5, 5.41) is 10.6. The van der Waals surface area contributed by atoms with Crippen LogP contribution in [0.25, 0.3) is 0 Å². The van der Waals surface area contributed by atoms with E-state index in [4.69, 9.17) is 37.0 Å². The number of phosphoric ester groups is 2. The van der Waals surface area contributed by atoms with Gasteiger partial charge in [-0.05, 0) is 49.4 Å². The molecule has 0 aliphatic heterocycles. The molecule has 6 atom stereocenters. The third kappa shape index (κ3) is 72.8. The Balaban J connectivity index is 5.20. The Morgan fingerprint density at radius 1 is 0.283 bits per heavy atom. The minimum atomic E-state index is -4.96. The number of ether oxygens (including phenoxy) is 4. The van der Waals surface area contributed by atoms with Crippen molar-refractivity contribution in [3.63, 3.8) is 0 Å². The molecule has 0 aromatic carbocycles. The fourth-order valence-electron chi connectivity index (χ4n) is 12.2. The molecule has 4 unspecified atom stereocenters. The summed E-state index contributed by atoms with van der Waals surface area (Å²) >= 11 is 0. The van der Waals surface area contributed by atoms with Crippen LogP contribution in [0.15, 0.2) is 0 Å². The highest BCUT2D eigenvalue weighted by Crippen LogP contribution is 2.45. The van der Waals surface area contributed by atoms with Crippen LogP contribution in [0.3, 0.4) is 0 Å². The second-order valence-electron chi connectivity index (χ2n) is 30.5. The van der Waals surface area contributed by atoms with E-state index < -0.39 is 97.5 Å². The average Bonchev–Trinajstić information content (AvgIpc) is 1.32. The van der Waals surface area contributed by atoms with E-state index in [-0.39, 0.29) is 25.7 Å². The van der Waals surface area contributed by atoms with Crippen LogP contribution in [-0.2, 0) is 65.4 Å². The minimum Gasteiger partial charge on any atom is -0.462 e. The van der Waals surface area contributed by atoms with Crippen molar-refractivity contribution in [2.45, 2.75) is 427 Å². The monoisotopic (exact) mass is 1450 g/mol. The SMILES string of the molecule is CCC(C)CCCCCCCCCCCCCCCCCCCCC(=O)O[C@H](COC(=O)CCCCCCCCCCCCCCCC(C)C)COP(=O)(O)OCC(O)COP(=O)(O)OC[C@@H](COC(=O)CCCCCCCCCC(C)C)OC(=O)CCCCCCCCCCC(C)C. The van der Waals surface area contributed by atoms with Crippen LogP contribution in [0.2, 0.25) is 0 Å². The molecule has 19 heteroatoms. The van der Waals surface area contributed by atoms with Gasteiger partial charge < -0.3 is 33.8 Å². The molecular formula is C80H156O17P2. The first kappa shape index (κ1) is 97.1. The largest absolute Gasteiger partial charge is 0.472 e. The lowest BCUT2D eigenvalue weighted by Gasteiger charge is -2.21. The van der Waals surface area contributed by atoms with Crippen molar-refractivity contribution >= 4 is 39.5 Å². The van der Waals surface area contributed by atoms with Crippen molar-refractivity contribution in [3.8, 4) is 0 Å². The molecule has 0 spiro atoms. The number of phosphoric acid groups is 2. The molecule has 0 aliphatic rings. The van der Waals surface area contributed by atoms with Crippen LogP contribution in [-0.4, -0.2) is 96.7 Å². The summed E-state index contributed by atoms with van der Waals surface area (Å²) in [6.45, 7) is 14.2. The zero-order valence-corrected chi connectivity index (χ0v) is 66.9. The fraction of sp³-hybridized carbons (Fsp3) is 0.950. The van der Waals surface area contributed by atoms with Gasteiger partial charge in [-0.3, -0.25) is 37.3 Å². The minimum absolute atomic E-state index is 0.103. The number of carbonyl (C=O) groups excluding carboxylic acids is 4. The molecule has 17 nitrogen and oxygen atoms in total. The number of aliphatic hydroxyl groups excluding tert-OH is 1. The summed E-state index contributed by atoms with van der Waals surface area (Å²) in [6.07, 6.45) is 55.7. The Morgan fingerprint density at radius 3 is 0.717 bits per heavy atom. The first-order chi connectivity index (χ1) is 47.6. The van der Waals surface area contributed by atoms with Gasteiger partial charge >= 0.3 is 39.5 Å². The second-order valence-corrected chi connectivity index (χ2v) is 33.4. The normalized spacial score (nSPS) is 14.3. The van der Waals surface area contributed by atoms with Gasteiger partial charge in [-0.1, -0.05) is 357 Å². The number of esters is 4. The van der Waals surface area contributed by atoms with Gasteiger partial charge in [0.05, 0.1) is 26.4 Å². The third-order valence-electron chi connectivity index (χ3n) is 18.9. The van der Waals surface area contributed by atoms with Gasteiger partial charge in [-0.25, -0.2) is 9.13 Å². The van der Waals surface area contributed by atoms with Crippen LogP contribution in [0, 0.1) is 23.7 Å². The smallest absolute Gasteiger partial charge is 0.462 e. The Bertz CT molecular complexity index is 1940. The predicted molar refractivity (Wildman–Crippen MR) is 404 cm³/mol. The van der Waals surface area contributed by atoms with Crippen LogP contribution in [0.1, 0.15) is 409 Å². The zero-order valence-electron chi connectivity index (χ0n) is 65.1. The lowest BCUT2D eigenvalue weighted by molar-refractivity contribution is -0.161. The molecule has 0 bridgehead atoms. The van der Waals surface area contributed by atoms with E-state index in [0.29, 0.717) is 31.6 Å². The molecule has 3 N–H and O–H groups in total. The molecular weight excluding hydrogens is 1290 g/mol. The van der Waals surface area contributed by atoms with E-state index in [0.717, 1.165) is 114 Å². The van der Waals surface area contributed by atoms with Gasteiger partial charge in [-0.2, -0.15) is 0 Å². The maximum Gasteiger partial charge on any atom is 0.472 e. The topological polar surface area (TPSA) is 237 Å². The van der Waals surface area contributed by atoms with Gasteiger partial charge in [0.25, 0.3) is 0 Å². The average molecular weight is 1450 g/mol. The molecule has 0 saturated heterocycles. The lowest BCUT2D eigenvalue weighted by Crippen LogP contribution is -2.30. The van der Waals surface area contributed by atoms with E-state index >= 15 is 0 Å². The third-order valence-corrected chi connectivity index (χ3v) is 20.8. The molecule has 0 aliphatic carbocycles. The molecule has 0 saturated carbocycles. The van der Waals surface area contributed by atoms with E-state index in [2.05, 4.69) is 55.4 Å². The number of hydrogen-bond donors (Lipinski definition) is 3. The molecule has 0 aromatic heterocycles. The highest BCUT2D eigenvalue weighted by Gasteiger charge is 2.30. The van der Waals surface area contributed by atoms with Gasteiger partial charge in [0, 0.05) is 25.7 Å². The summed E-state index contributed by atoms with van der Waals surface area (Å²) in [5.74, 6) is 0.967. The first-order valence-electron chi connectivity index (χ1n) is 41.2. The maximum absolute atomic E-state index is 13.1. The Kier molecular flexibility index (Phi) is 67.8.